The molecule has 0 amide bonds. The summed E-state index contributed by atoms with van der Waals surface area (Å²) in [4.78, 5) is 1.41. The van der Waals surface area contributed by atoms with Gasteiger partial charge < -0.3 is 0 Å². The molecule has 1 N–H and O–H groups in total. The topological polar surface area (TPSA) is 39.1 Å². The molecule has 122 valence electrons. The molecular weight excluding hydrogens is 279 g/mol. The molecule has 1 fully saturated rings. The van der Waals surface area contributed by atoms with E-state index >= 15 is 0 Å². The van der Waals surface area contributed by atoms with Gasteiger partial charge in [-0.1, -0.05) is 13.3 Å². The summed E-state index contributed by atoms with van der Waals surface area (Å²) >= 11 is 0. The van der Waals surface area contributed by atoms with Crippen molar-refractivity contribution in [1.29, 1.82) is 5.26 Å². The van der Waals surface area contributed by atoms with E-state index in [2.05, 4.69) is 11.4 Å². The standard InChI is InChI=1S/C15H26F3N3/c1-4-21(11-15(16,17)18)9-7-13-6-5-8-14(13,10-19)20-12(2)3/h12-13,20H,4-9,11H2,1-3H3. The highest BCUT2D eigenvalue weighted by atomic mass is 19.4. The van der Waals surface area contributed by atoms with Crippen molar-refractivity contribution in [3.63, 3.8) is 0 Å². The molecule has 3 nitrogen and oxygen atoms in total. The summed E-state index contributed by atoms with van der Waals surface area (Å²) in [5, 5.41) is 12.9. The number of nitrogens with one attached hydrogen (secondary N) is 1. The van der Waals surface area contributed by atoms with Crippen LogP contribution < -0.4 is 5.32 Å². The first-order valence-electron chi connectivity index (χ1n) is 7.70. The molecule has 2 atom stereocenters. The summed E-state index contributed by atoms with van der Waals surface area (Å²) in [6.07, 6.45) is -0.858. The molecule has 0 heterocycles. The minimum absolute atomic E-state index is 0.132. The number of nitriles is 1. The van der Waals surface area contributed by atoms with Gasteiger partial charge in [0.15, 0.2) is 0 Å². The molecule has 0 aliphatic heterocycles. The van der Waals surface area contributed by atoms with Crippen molar-refractivity contribution in [1.82, 2.24) is 10.2 Å². The number of alkyl halides is 3. The molecule has 1 aliphatic carbocycles. The Morgan fingerprint density at radius 1 is 1.43 bits per heavy atom. The Morgan fingerprint density at radius 2 is 2.10 bits per heavy atom. The molecule has 0 radical (unpaired) electrons. The van der Waals surface area contributed by atoms with Gasteiger partial charge in [0.1, 0.15) is 5.54 Å². The van der Waals surface area contributed by atoms with Crippen molar-refractivity contribution < 1.29 is 13.2 Å². The summed E-state index contributed by atoms with van der Waals surface area (Å²) in [6, 6.07) is 2.59. The van der Waals surface area contributed by atoms with E-state index < -0.39 is 18.3 Å². The summed E-state index contributed by atoms with van der Waals surface area (Å²) in [6.45, 7) is 5.64. The van der Waals surface area contributed by atoms with Crippen molar-refractivity contribution in [3.05, 3.63) is 0 Å². The van der Waals surface area contributed by atoms with Crippen LogP contribution in [0.2, 0.25) is 0 Å². The average molecular weight is 305 g/mol. The highest BCUT2D eigenvalue weighted by molar-refractivity contribution is 5.14. The zero-order chi connectivity index (χ0) is 16.1. The van der Waals surface area contributed by atoms with Crippen LogP contribution in [0.4, 0.5) is 13.2 Å². The lowest BCUT2D eigenvalue weighted by atomic mass is 9.85. The summed E-state index contributed by atoms with van der Waals surface area (Å²) in [5.74, 6) is 0.132. The lowest BCUT2D eigenvalue weighted by Crippen LogP contribution is -2.51. The first-order chi connectivity index (χ1) is 9.72. The van der Waals surface area contributed by atoms with Gasteiger partial charge in [-0.3, -0.25) is 10.2 Å². The van der Waals surface area contributed by atoms with Crippen LogP contribution in [0.15, 0.2) is 0 Å². The minimum atomic E-state index is -4.16. The monoisotopic (exact) mass is 305 g/mol. The van der Waals surface area contributed by atoms with E-state index in [1.54, 1.807) is 6.92 Å². The Hall–Kier alpha value is -0.800. The average Bonchev–Trinajstić information content (AvgIpc) is 2.75. The normalized spacial score (nSPS) is 26.5. The summed E-state index contributed by atoms with van der Waals surface area (Å²) in [5.41, 5.74) is -0.564. The number of nitrogens with zero attached hydrogens (tertiary/aromatic N) is 2. The van der Waals surface area contributed by atoms with E-state index in [-0.39, 0.29) is 12.0 Å². The second-order valence-electron chi connectivity index (χ2n) is 6.24. The van der Waals surface area contributed by atoms with E-state index in [9.17, 15) is 18.4 Å². The highest BCUT2D eigenvalue weighted by Crippen LogP contribution is 2.38. The molecule has 21 heavy (non-hydrogen) atoms. The number of halogens is 3. The lowest BCUT2D eigenvalue weighted by Gasteiger charge is -2.33. The Bertz CT molecular complexity index is 362. The lowest BCUT2D eigenvalue weighted by molar-refractivity contribution is -0.145. The molecule has 0 saturated heterocycles. The predicted octanol–water partition coefficient (Wildman–Crippen LogP) is 3.32. The van der Waals surface area contributed by atoms with E-state index in [1.165, 1.54) is 4.90 Å². The first-order valence-corrected chi connectivity index (χ1v) is 7.70. The van der Waals surface area contributed by atoms with Crippen LogP contribution in [0.1, 0.15) is 46.5 Å². The van der Waals surface area contributed by atoms with Crippen molar-refractivity contribution >= 4 is 0 Å². The SMILES string of the molecule is CCN(CCC1CCCC1(C#N)NC(C)C)CC(F)(F)F. The zero-order valence-corrected chi connectivity index (χ0v) is 13.1. The molecule has 0 bridgehead atoms. The van der Waals surface area contributed by atoms with Crippen LogP contribution in [0.25, 0.3) is 0 Å². The molecular formula is C15H26F3N3. The van der Waals surface area contributed by atoms with E-state index in [1.807, 2.05) is 13.8 Å². The number of hydrogen-bond donors (Lipinski definition) is 1. The fraction of sp³-hybridized carbons (Fsp3) is 0.933. The smallest absolute Gasteiger partial charge is 0.297 e. The van der Waals surface area contributed by atoms with Gasteiger partial charge >= 0.3 is 6.18 Å². The fourth-order valence-corrected chi connectivity index (χ4v) is 3.29. The molecule has 0 aromatic rings. The Morgan fingerprint density at radius 3 is 2.57 bits per heavy atom. The van der Waals surface area contributed by atoms with Gasteiger partial charge in [0, 0.05) is 6.04 Å². The van der Waals surface area contributed by atoms with Crippen molar-refractivity contribution in [3.8, 4) is 6.07 Å². The molecule has 0 aromatic heterocycles. The summed E-state index contributed by atoms with van der Waals surface area (Å²) < 4.78 is 37.4. The molecule has 2 unspecified atom stereocenters. The Kier molecular flexibility index (Phi) is 6.48. The molecule has 1 aliphatic rings. The van der Waals surface area contributed by atoms with E-state index in [4.69, 9.17) is 0 Å². The van der Waals surface area contributed by atoms with Crippen LogP contribution in [-0.2, 0) is 0 Å². The van der Waals surface area contributed by atoms with Crippen LogP contribution in [-0.4, -0.2) is 42.3 Å². The fourth-order valence-electron chi connectivity index (χ4n) is 3.29. The van der Waals surface area contributed by atoms with Crippen LogP contribution in [0, 0.1) is 17.2 Å². The van der Waals surface area contributed by atoms with Gasteiger partial charge in [0.2, 0.25) is 0 Å². The first kappa shape index (κ1) is 18.2. The van der Waals surface area contributed by atoms with Crippen LogP contribution in [0.5, 0.6) is 0 Å². The zero-order valence-electron chi connectivity index (χ0n) is 13.1. The van der Waals surface area contributed by atoms with Gasteiger partial charge in [0.05, 0.1) is 12.6 Å². The quantitative estimate of drug-likeness (QED) is 0.784. The Balaban J connectivity index is 2.62. The van der Waals surface area contributed by atoms with E-state index in [0.29, 0.717) is 19.5 Å². The van der Waals surface area contributed by atoms with Crippen molar-refractivity contribution in [2.45, 2.75) is 64.2 Å². The third-order valence-electron chi connectivity index (χ3n) is 4.21. The third-order valence-corrected chi connectivity index (χ3v) is 4.21. The van der Waals surface area contributed by atoms with Crippen LogP contribution >= 0.6 is 0 Å². The third kappa shape index (κ3) is 5.48. The second-order valence-corrected chi connectivity index (χ2v) is 6.24. The highest BCUT2D eigenvalue weighted by Gasteiger charge is 2.43. The van der Waals surface area contributed by atoms with Gasteiger partial charge in [-0.05, 0) is 52.1 Å². The van der Waals surface area contributed by atoms with Gasteiger partial charge in [-0.2, -0.15) is 18.4 Å². The summed E-state index contributed by atoms with van der Waals surface area (Å²) in [7, 11) is 0. The van der Waals surface area contributed by atoms with Gasteiger partial charge in [0.25, 0.3) is 0 Å². The second kappa shape index (κ2) is 7.46. The molecule has 0 spiro atoms. The number of rotatable bonds is 7. The maximum atomic E-state index is 12.5. The molecule has 1 rings (SSSR count). The largest absolute Gasteiger partial charge is 0.401 e. The van der Waals surface area contributed by atoms with Crippen molar-refractivity contribution in [2.24, 2.45) is 5.92 Å². The maximum absolute atomic E-state index is 12.5. The molecule has 6 heteroatoms. The number of hydrogen-bond acceptors (Lipinski definition) is 3. The molecule has 1 saturated carbocycles. The Labute approximate surface area is 125 Å². The predicted molar refractivity (Wildman–Crippen MR) is 76.7 cm³/mol. The van der Waals surface area contributed by atoms with Gasteiger partial charge in [-0.25, -0.2) is 0 Å². The van der Waals surface area contributed by atoms with E-state index in [0.717, 1.165) is 19.3 Å². The van der Waals surface area contributed by atoms with Crippen LogP contribution in [0.3, 0.4) is 0 Å². The maximum Gasteiger partial charge on any atom is 0.401 e. The van der Waals surface area contributed by atoms with Gasteiger partial charge in [-0.15, -0.1) is 0 Å². The van der Waals surface area contributed by atoms with Crippen molar-refractivity contribution in [2.75, 3.05) is 19.6 Å². The minimum Gasteiger partial charge on any atom is -0.297 e. The molecule has 0 aromatic carbocycles.